The largest absolute Gasteiger partial charge is 0.509 e. The molecule has 1 saturated carbocycles. The van der Waals surface area contributed by atoms with Crippen molar-refractivity contribution in [3.05, 3.63) is 40.1 Å². The molecule has 5 heteroatoms. The first kappa shape index (κ1) is 17.6. The minimum absolute atomic E-state index is 0.00548. The van der Waals surface area contributed by atoms with E-state index in [9.17, 15) is 9.90 Å². The number of carbonyl (C=O) groups is 1. The molecule has 0 bridgehead atoms. The minimum atomic E-state index is -0.563. The number of hydrogen-bond acceptors (Lipinski definition) is 4. The fourth-order valence-corrected chi connectivity index (χ4v) is 4.93. The van der Waals surface area contributed by atoms with Crippen molar-refractivity contribution in [2.45, 2.75) is 58.0 Å². The Hall–Kier alpha value is -1.85. The first-order valence-corrected chi connectivity index (χ1v) is 9.53. The van der Waals surface area contributed by atoms with Crippen molar-refractivity contribution in [2.75, 3.05) is 20.2 Å². The van der Waals surface area contributed by atoms with Gasteiger partial charge in [0.05, 0.1) is 12.7 Å². The van der Waals surface area contributed by atoms with Gasteiger partial charge in [-0.3, -0.25) is 4.79 Å². The van der Waals surface area contributed by atoms with Crippen LogP contribution in [0.4, 0.5) is 0 Å². The van der Waals surface area contributed by atoms with Gasteiger partial charge in [0.25, 0.3) is 5.91 Å². The average Bonchev–Trinajstić information content (AvgIpc) is 3.39. The van der Waals surface area contributed by atoms with Gasteiger partial charge in [-0.1, -0.05) is 17.7 Å². The molecule has 1 aromatic carbocycles. The molecule has 3 aliphatic rings. The van der Waals surface area contributed by atoms with Crippen LogP contribution in [0, 0.1) is 20.8 Å². The second-order valence-electron chi connectivity index (χ2n) is 8.05. The highest BCUT2D eigenvalue weighted by Gasteiger charge is 2.57. The van der Waals surface area contributed by atoms with Gasteiger partial charge in [0.1, 0.15) is 11.3 Å². The first-order valence-electron chi connectivity index (χ1n) is 9.53. The standard InChI is InChI=1S/C21H28N2O3/c1-13-11-14(2)17(15(3)12-13)18-19(24)21(7-9-22(26-4)10-8-21)23(20(18)25)16-5-6-16/h11-12,16,24H,5-10H2,1-4H3. The number of carbonyl (C=O) groups excluding carboxylic acids is 1. The number of amides is 1. The lowest BCUT2D eigenvalue weighted by Crippen LogP contribution is -2.55. The highest BCUT2D eigenvalue weighted by Crippen LogP contribution is 2.50. The summed E-state index contributed by atoms with van der Waals surface area (Å²) in [7, 11) is 1.68. The second-order valence-corrected chi connectivity index (χ2v) is 8.05. The van der Waals surface area contributed by atoms with E-state index in [1.165, 1.54) is 5.56 Å². The lowest BCUT2D eigenvalue weighted by atomic mass is 9.84. The lowest BCUT2D eigenvalue weighted by molar-refractivity contribution is -0.164. The van der Waals surface area contributed by atoms with Gasteiger partial charge in [-0.15, -0.1) is 0 Å². The maximum atomic E-state index is 13.5. The third-order valence-electron chi connectivity index (χ3n) is 6.22. The van der Waals surface area contributed by atoms with Crippen molar-refractivity contribution in [3.8, 4) is 0 Å². The minimum Gasteiger partial charge on any atom is -0.509 e. The zero-order valence-electron chi connectivity index (χ0n) is 16.1. The summed E-state index contributed by atoms with van der Waals surface area (Å²) in [4.78, 5) is 20.8. The Balaban J connectivity index is 1.83. The summed E-state index contributed by atoms with van der Waals surface area (Å²) >= 11 is 0. The van der Waals surface area contributed by atoms with Crippen LogP contribution in [-0.2, 0) is 9.63 Å². The van der Waals surface area contributed by atoms with Crippen LogP contribution < -0.4 is 0 Å². The molecular formula is C21H28N2O3. The van der Waals surface area contributed by atoms with Crippen molar-refractivity contribution in [3.63, 3.8) is 0 Å². The number of hydrogen-bond donors (Lipinski definition) is 1. The second kappa shape index (κ2) is 6.10. The third-order valence-corrected chi connectivity index (χ3v) is 6.22. The Labute approximate surface area is 155 Å². The summed E-state index contributed by atoms with van der Waals surface area (Å²) < 4.78 is 0. The molecule has 0 aromatic heterocycles. The van der Waals surface area contributed by atoms with E-state index in [0.717, 1.165) is 42.6 Å². The summed E-state index contributed by atoms with van der Waals surface area (Å²) in [6.45, 7) is 7.56. The van der Waals surface area contributed by atoms with Gasteiger partial charge in [-0.25, -0.2) is 0 Å². The maximum absolute atomic E-state index is 13.5. The number of rotatable bonds is 3. The fraction of sp³-hybridized carbons (Fsp3) is 0.571. The summed E-state index contributed by atoms with van der Waals surface area (Å²) in [6.07, 6.45) is 3.49. The van der Waals surface area contributed by atoms with Gasteiger partial charge in [-0.05, 0) is 63.1 Å². The van der Waals surface area contributed by atoms with Crippen LogP contribution in [0.15, 0.2) is 17.9 Å². The molecule has 2 heterocycles. The molecule has 0 unspecified atom stereocenters. The first-order chi connectivity index (χ1) is 12.4. The van der Waals surface area contributed by atoms with E-state index in [4.69, 9.17) is 4.84 Å². The number of nitrogens with zero attached hydrogens (tertiary/aromatic N) is 2. The molecule has 1 aromatic rings. The zero-order valence-corrected chi connectivity index (χ0v) is 16.1. The summed E-state index contributed by atoms with van der Waals surface area (Å²) in [5, 5.41) is 13.3. The number of aryl methyl sites for hydroxylation is 3. The van der Waals surface area contributed by atoms with Gasteiger partial charge >= 0.3 is 0 Å². The van der Waals surface area contributed by atoms with Crippen LogP contribution in [0.5, 0.6) is 0 Å². The van der Waals surface area contributed by atoms with E-state index in [-0.39, 0.29) is 17.7 Å². The number of hydroxylamine groups is 2. The fourth-order valence-electron chi connectivity index (χ4n) is 4.93. The van der Waals surface area contributed by atoms with Crippen LogP contribution in [0.1, 0.15) is 47.9 Å². The normalized spacial score (nSPS) is 23.4. The monoisotopic (exact) mass is 356 g/mol. The summed E-state index contributed by atoms with van der Waals surface area (Å²) in [5.41, 5.74) is 4.16. The SMILES string of the molecule is CON1CCC2(CC1)C(O)=C(c1c(C)cc(C)cc1C)C(=O)N2C1CC1. The Morgan fingerprint density at radius 3 is 2.19 bits per heavy atom. The van der Waals surface area contributed by atoms with Crippen LogP contribution in [0.3, 0.4) is 0 Å². The molecule has 1 spiro atoms. The van der Waals surface area contributed by atoms with E-state index in [2.05, 4.69) is 19.1 Å². The molecule has 2 aliphatic heterocycles. The summed E-state index contributed by atoms with van der Waals surface area (Å²) in [5.74, 6) is 0.283. The smallest absolute Gasteiger partial charge is 0.259 e. The van der Waals surface area contributed by atoms with Crippen LogP contribution >= 0.6 is 0 Å². The van der Waals surface area contributed by atoms with E-state index in [1.807, 2.05) is 23.8 Å². The topological polar surface area (TPSA) is 53.0 Å². The number of aliphatic hydroxyl groups excluding tert-OH is 1. The molecule has 1 saturated heterocycles. The Morgan fingerprint density at radius 2 is 1.69 bits per heavy atom. The van der Waals surface area contributed by atoms with E-state index in [1.54, 1.807) is 7.11 Å². The molecular weight excluding hydrogens is 328 g/mol. The Morgan fingerprint density at radius 1 is 1.12 bits per heavy atom. The van der Waals surface area contributed by atoms with Crippen molar-refractivity contribution >= 4 is 11.5 Å². The Bertz CT molecular complexity index is 763. The van der Waals surface area contributed by atoms with E-state index >= 15 is 0 Å². The molecule has 2 fully saturated rings. The molecule has 0 atom stereocenters. The predicted molar refractivity (Wildman–Crippen MR) is 101 cm³/mol. The van der Waals surface area contributed by atoms with Gasteiger partial charge < -0.3 is 14.8 Å². The van der Waals surface area contributed by atoms with Crippen LogP contribution in [0.25, 0.3) is 5.57 Å². The van der Waals surface area contributed by atoms with Gasteiger partial charge in [0.2, 0.25) is 0 Å². The summed E-state index contributed by atoms with van der Waals surface area (Å²) in [6, 6.07) is 4.45. The van der Waals surface area contributed by atoms with Gasteiger partial charge in [0, 0.05) is 19.1 Å². The van der Waals surface area contributed by atoms with Crippen LogP contribution in [0.2, 0.25) is 0 Å². The maximum Gasteiger partial charge on any atom is 0.259 e. The lowest BCUT2D eigenvalue weighted by Gasteiger charge is -2.44. The third kappa shape index (κ3) is 2.48. The highest BCUT2D eigenvalue weighted by molar-refractivity contribution is 6.24. The Kier molecular flexibility index (Phi) is 4.12. The molecule has 5 nitrogen and oxygen atoms in total. The van der Waals surface area contributed by atoms with Gasteiger partial charge in [-0.2, -0.15) is 5.06 Å². The number of aliphatic hydroxyl groups is 1. The molecule has 1 N–H and O–H groups in total. The molecule has 140 valence electrons. The number of piperidine rings is 1. The zero-order chi connectivity index (χ0) is 18.6. The van der Waals surface area contributed by atoms with Crippen molar-refractivity contribution in [2.24, 2.45) is 0 Å². The van der Waals surface area contributed by atoms with E-state index in [0.29, 0.717) is 18.4 Å². The number of benzene rings is 1. The molecule has 0 radical (unpaired) electrons. The quantitative estimate of drug-likeness (QED) is 0.903. The van der Waals surface area contributed by atoms with Gasteiger partial charge in [0.15, 0.2) is 0 Å². The molecule has 1 amide bonds. The average molecular weight is 356 g/mol. The highest BCUT2D eigenvalue weighted by atomic mass is 16.7. The van der Waals surface area contributed by atoms with Crippen molar-refractivity contribution in [1.82, 2.24) is 9.96 Å². The van der Waals surface area contributed by atoms with E-state index < -0.39 is 5.54 Å². The van der Waals surface area contributed by atoms with Crippen molar-refractivity contribution < 1.29 is 14.7 Å². The van der Waals surface area contributed by atoms with Crippen LogP contribution in [-0.4, -0.2) is 52.8 Å². The molecule has 4 rings (SSSR count). The predicted octanol–water partition coefficient (Wildman–Crippen LogP) is 3.28. The molecule has 26 heavy (non-hydrogen) atoms. The molecule has 1 aliphatic carbocycles. The van der Waals surface area contributed by atoms with Crippen molar-refractivity contribution in [1.29, 1.82) is 0 Å².